The van der Waals surface area contributed by atoms with E-state index in [2.05, 4.69) is 17.1 Å². The number of hydrogen-bond donors (Lipinski definition) is 1. The Balaban J connectivity index is 2.28. The molecule has 0 radical (unpaired) electrons. The lowest BCUT2D eigenvalue weighted by molar-refractivity contribution is 0.343. The molecule has 0 saturated carbocycles. The van der Waals surface area contributed by atoms with Crippen molar-refractivity contribution in [2.75, 3.05) is 25.9 Å². The molecule has 0 saturated heterocycles. The van der Waals surface area contributed by atoms with Crippen LogP contribution in [0.25, 0.3) is 0 Å². The van der Waals surface area contributed by atoms with Crippen LogP contribution in [-0.2, 0) is 12.8 Å². The van der Waals surface area contributed by atoms with Crippen molar-refractivity contribution in [3.8, 4) is 0 Å². The molecule has 1 aromatic rings. The Hall–Kier alpha value is -1.03. The van der Waals surface area contributed by atoms with Crippen molar-refractivity contribution < 1.29 is 4.52 Å². The van der Waals surface area contributed by atoms with Gasteiger partial charge in [-0.2, -0.15) is 0 Å². The topological polar surface area (TPSA) is 55.3 Å². The molecule has 0 amide bonds. The van der Waals surface area contributed by atoms with E-state index in [1.54, 1.807) is 0 Å². The summed E-state index contributed by atoms with van der Waals surface area (Å²) in [6.45, 7) is 2.08. The molecule has 1 aliphatic rings. The summed E-state index contributed by atoms with van der Waals surface area (Å²) < 4.78 is 4.92. The van der Waals surface area contributed by atoms with Crippen LogP contribution in [0.15, 0.2) is 4.52 Å². The molecule has 0 aliphatic carbocycles. The Labute approximate surface area is 71.3 Å². The molecule has 4 nitrogen and oxygen atoms in total. The molecule has 66 valence electrons. The van der Waals surface area contributed by atoms with Crippen LogP contribution in [0.1, 0.15) is 11.3 Å². The summed E-state index contributed by atoms with van der Waals surface area (Å²) >= 11 is 0. The molecule has 0 atom stereocenters. The third-order valence-corrected chi connectivity index (χ3v) is 2.37. The Morgan fingerprint density at radius 1 is 1.42 bits per heavy atom. The normalized spacial score (nSPS) is 18.8. The molecule has 1 aliphatic heterocycles. The first-order valence-corrected chi connectivity index (χ1v) is 4.19. The van der Waals surface area contributed by atoms with Crippen molar-refractivity contribution in [2.24, 2.45) is 0 Å². The van der Waals surface area contributed by atoms with Crippen LogP contribution in [0.4, 0.5) is 5.88 Å². The van der Waals surface area contributed by atoms with Gasteiger partial charge in [-0.1, -0.05) is 5.16 Å². The average Bonchev–Trinajstić information content (AvgIpc) is 2.28. The maximum atomic E-state index is 5.63. The van der Waals surface area contributed by atoms with Crippen molar-refractivity contribution in [3.05, 3.63) is 11.3 Å². The highest BCUT2D eigenvalue weighted by Gasteiger charge is 2.17. The Morgan fingerprint density at radius 2 is 2.17 bits per heavy atom. The minimum Gasteiger partial charge on any atom is -0.367 e. The van der Waals surface area contributed by atoms with Gasteiger partial charge in [-0.3, -0.25) is 0 Å². The van der Waals surface area contributed by atoms with E-state index < -0.39 is 0 Å². The van der Waals surface area contributed by atoms with Gasteiger partial charge in [0.1, 0.15) is 0 Å². The molecular weight excluding hydrogens is 154 g/mol. The molecule has 2 rings (SSSR count). The number of aromatic nitrogens is 1. The summed E-state index contributed by atoms with van der Waals surface area (Å²) in [5.74, 6) is 0.500. The first-order valence-electron chi connectivity index (χ1n) is 4.19. The number of rotatable bonds is 0. The highest BCUT2D eigenvalue weighted by atomic mass is 16.5. The minimum absolute atomic E-state index is 0.500. The van der Waals surface area contributed by atoms with Gasteiger partial charge in [0.05, 0.1) is 5.69 Å². The van der Waals surface area contributed by atoms with Crippen molar-refractivity contribution in [1.29, 1.82) is 0 Å². The van der Waals surface area contributed by atoms with E-state index in [-0.39, 0.29) is 0 Å². The Morgan fingerprint density at radius 3 is 3.00 bits per heavy atom. The predicted octanol–water partition coefficient (Wildman–Crippen LogP) is 0.287. The SMILES string of the molecule is CN1CCc2noc(N)c2CC1. The zero-order valence-electron chi connectivity index (χ0n) is 7.21. The first-order chi connectivity index (χ1) is 5.77. The van der Waals surface area contributed by atoms with Gasteiger partial charge < -0.3 is 15.2 Å². The van der Waals surface area contributed by atoms with E-state index in [4.69, 9.17) is 10.3 Å². The fraction of sp³-hybridized carbons (Fsp3) is 0.625. The number of hydrogen-bond acceptors (Lipinski definition) is 4. The second kappa shape index (κ2) is 2.79. The van der Waals surface area contributed by atoms with Gasteiger partial charge in [0.2, 0.25) is 5.88 Å². The van der Waals surface area contributed by atoms with E-state index in [1.807, 2.05) is 0 Å². The zero-order valence-corrected chi connectivity index (χ0v) is 7.21. The molecule has 12 heavy (non-hydrogen) atoms. The molecule has 0 fully saturated rings. The van der Waals surface area contributed by atoms with E-state index in [1.165, 1.54) is 0 Å². The Bertz CT molecular complexity index is 282. The second-order valence-corrected chi connectivity index (χ2v) is 3.28. The number of nitrogens with two attached hydrogens (primary N) is 1. The number of likely N-dealkylation sites (N-methyl/N-ethyl adjacent to an activating group) is 1. The lowest BCUT2D eigenvalue weighted by Gasteiger charge is -2.10. The van der Waals surface area contributed by atoms with Gasteiger partial charge in [0, 0.05) is 25.1 Å². The quantitative estimate of drug-likeness (QED) is 0.603. The van der Waals surface area contributed by atoms with Crippen molar-refractivity contribution in [2.45, 2.75) is 12.8 Å². The van der Waals surface area contributed by atoms with Crippen LogP contribution in [0.2, 0.25) is 0 Å². The largest absolute Gasteiger partial charge is 0.367 e. The van der Waals surface area contributed by atoms with Gasteiger partial charge in [0.15, 0.2) is 0 Å². The molecule has 0 bridgehead atoms. The van der Waals surface area contributed by atoms with Crippen LogP contribution < -0.4 is 5.73 Å². The smallest absolute Gasteiger partial charge is 0.225 e. The summed E-state index contributed by atoms with van der Waals surface area (Å²) in [6, 6.07) is 0. The molecule has 0 aromatic carbocycles. The van der Waals surface area contributed by atoms with E-state index in [9.17, 15) is 0 Å². The zero-order chi connectivity index (χ0) is 8.55. The Kier molecular flexibility index (Phi) is 1.77. The van der Waals surface area contributed by atoms with E-state index >= 15 is 0 Å². The molecule has 2 heterocycles. The van der Waals surface area contributed by atoms with Crippen LogP contribution in [-0.4, -0.2) is 30.2 Å². The fourth-order valence-corrected chi connectivity index (χ4v) is 1.53. The van der Waals surface area contributed by atoms with Crippen LogP contribution in [0.3, 0.4) is 0 Å². The molecule has 0 spiro atoms. The standard InChI is InChI=1S/C8H13N3O/c1-11-4-2-6-7(3-5-11)10-12-8(6)9/h2-5,9H2,1H3. The molecule has 0 unspecified atom stereocenters. The van der Waals surface area contributed by atoms with Gasteiger partial charge >= 0.3 is 0 Å². The number of anilines is 1. The minimum atomic E-state index is 0.500. The summed E-state index contributed by atoms with van der Waals surface area (Å²) in [4.78, 5) is 2.28. The summed E-state index contributed by atoms with van der Waals surface area (Å²) in [6.07, 6.45) is 1.91. The van der Waals surface area contributed by atoms with E-state index in [0.717, 1.165) is 37.2 Å². The van der Waals surface area contributed by atoms with Crippen LogP contribution in [0.5, 0.6) is 0 Å². The van der Waals surface area contributed by atoms with Crippen molar-refractivity contribution in [1.82, 2.24) is 10.1 Å². The van der Waals surface area contributed by atoms with Crippen LogP contribution >= 0.6 is 0 Å². The number of nitrogens with zero attached hydrogens (tertiary/aromatic N) is 2. The van der Waals surface area contributed by atoms with E-state index in [0.29, 0.717) is 5.88 Å². The molecule has 1 aromatic heterocycles. The van der Waals surface area contributed by atoms with Gasteiger partial charge in [-0.25, -0.2) is 0 Å². The fourth-order valence-electron chi connectivity index (χ4n) is 1.53. The third-order valence-electron chi connectivity index (χ3n) is 2.37. The second-order valence-electron chi connectivity index (χ2n) is 3.28. The lowest BCUT2D eigenvalue weighted by atomic mass is 10.1. The highest BCUT2D eigenvalue weighted by Crippen LogP contribution is 2.20. The van der Waals surface area contributed by atoms with Gasteiger partial charge in [-0.05, 0) is 13.5 Å². The summed E-state index contributed by atoms with van der Waals surface area (Å²) in [5.41, 5.74) is 7.78. The monoisotopic (exact) mass is 167 g/mol. The van der Waals surface area contributed by atoms with Gasteiger partial charge in [0.25, 0.3) is 0 Å². The molecular formula is C8H13N3O. The average molecular weight is 167 g/mol. The third kappa shape index (κ3) is 1.18. The van der Waals surface area contributed by atoms with Crippen molar-refractivity contribution in [3.63, 3.8) is 0 Å². The van der Waals surface area contributed by atoms with Crippen molar-refractivity contribution >= 4 is 5.88 Å². The highest BCUT2D eigenvalue weighted by molar-refractivity contribution is 5.39. The number of nitrogen functional groups attached to an aromatic ring is 1. The van der Waals surface area contributed by atoms with Gasteiger partial charge in [-0.15, -0.1) is 0 Å². The summed E-state index contributed by atoms with van der Waals surface area (Å²) in [7, 11) is 2.11. The molecule has 4 heteroatoms. The van der Waals surface area contributed by atoms with Crippen LogP contribution in [0, 0.1) is 0 Å². The maximum Gasteiger partial charge on any atom is 0.225 e. The number of fused-ring (bicyclic) bond motifs is 1. The maximum absolute atomic E-state index is 5.63. The molecule has 2 N–H and O–H groups in total. The lowest BCUT2D eigenvalue weighted by Crippen LogP contribution is -2.21. The summed E-state index contributed by atoms with van der Waals surface area (Å²) in [5, 5.41) is 3.92. The predicted molar refractivity (Wildman–Crippen MR) is 45.8 cm³/mol. The first kappa shape index (κ1) is 7.61.